The Morgan fingerprint density at radius 3 is 2.35 bits per heavy atom. The highest BCUT2D eigenvalue weighted by Gasteiger charge is 2.22. The first-order valence-electron chi connectivity index (χ1n) is 12.2. The van der Waals surface area contributed by atoms with Gasteiger partial charge >= 0.3 is 0 Å². The lowest BCUT2D eigenvalue weighted by Gasteiger charge is -2.25. The van der Waals surface area contributed by atoms with E-state index in [9.17, 15) is 23.5 Å². The molecule has 0 spiro atoms. The standard InChI is InChI=1S/C29H34F2N2O3S/c1-18(35)33-26(11-19-9-23(30)13-24(31)10-19)27(36)16-32-15-22-12-20(28-8-7-25(17-34)37-28)5-6-21(22)14-29(2,3)4/h5-10,12-13,17,26-27,32,36H,11,14-16H2,1-4H3,(H,33,35). The molecule has 0 saturated carbocycles. The van der Waals surface area contributed by atoms with E-state index in [-0.39, 0.29) is 24.3 Å². The normalized spacial score (nSPS) is 13.3. The van der Waals surface area contributed by atoms with Crippen molar-refractivity contribution >= 4 is 23.5 Å². The largest absolute Gasteiger partial charge is 0.390 e. The van der Waals surface area contributed by atoms with Gasteiger partial charge in [-0.25, -0.2) is 8.78 Å². The molecule has 0 saturated heterocycles. The molecule has 0 radical (unpaired) electrons. The molecular weight excluding hydrogens is 494 g/mol. The van der Waals surface area contributed by atoms with Crippen molar-refractivity contribution in [2.45, 2.75) is 59.2 Å². The zero-order valence-electron chi connectivity index (χ0n) is 21.6. The van der Waals surface area contributed by atoms with Gasteiger partial charge in [-0.1, -0.05) is 32.9 Å². The molecule has 1 aromatic heterocycles. The molecule has 0 fully saturated rings. The van der Waals surface area contributed by atoms with Crippen molar-refractivity contribution in [3.05, 3.63) is 81.7 Å². The van der Waals surface area contributed by atoms with E-state index in [0.717, 1.165) is 34.8 Å². The molecule has 2 unspecified atom stereocenters. The lowest BCUT2D eigenvalue weighted by Crippen LogP contribution is -2.48. The van der Waals surface area contributed by atoms with Crippen LogP contribution in [0.4, 0.5) is 8.78 Å². The Bertz CT molecular complexity index is 1220. The van der Waals surface area contributed by atoms with Crippen LogP contribution in [0.5, 0.6) is 0 Å². The third kappa shape index (κ3) is 8.84. The van der Waals surface area contributed by atoms with Crippen LogP contribution >= 0.6 is 11.3 Å². The summed E-state index contributed by atoms with van der Waals surface area (Å²) in [6, 6.07) is 12.5. The third-order valence-electron chi connectivity index (χ3n) is 5.85. The van der Waals surface area contributed by atoms with Gasteiger partial charge in [-0.15, -0.1) is 11.3 Å². The van der Waals surface area contributed by atoms with Gasteiger partial charge in [-0.05, 0) is 70.8 Å². The fraction of sp³-hybridized carbons (Fsp3) is 0.379. The molecule has 8 heteroatoms. The van der Waals surface area contributed by atoms with Crippen LogP contribution in [-0.4, -0.2) is 36.0 Å². The van der Waals surface area contributed by atoms with Crippen LogP contribution in [0.25, 0.3) is 10.4 Å². The second kappa shape index (κ2) is 12.5. The Morgan fingerprint density at radius 2 is 1.76 bits per heavy atom. The van der Waals surface area contributed by atoms with Crippen molar-refractivity contribution in [3.8, 4) is 10.4 Å². The van der Waals surface area contributed by atoms with Gasteiger partial charge in [0.25, 0.3) is 0 Å². The third-order valence-corrected chi connectivity index (χ3v) is 6.91. The summed E-state index contributed by atoms with van der Waals surface area (Å²) in [5.41, 5.74) is 3.68. The van der Waals surface area contributed by atoms with Crippen molar-refractivity contribution in [3.63, 3.8) is 0 Å². The van der Waals surface area contributed by atoms with Crippen molar-refractivity contribution in [1.29, 1.82) is 0 Å². The predicted octanol–water partition coefficient (Wildman–Crippen LogP) is 5.29. The van der Waals surface area contributed by atoms with Crippen LogP contribution in [0.3, 0.4) is 0 Å². The maximum atomic E-state index is 13.6. The van der Waals surface area contributed by atoms with Crippen LogP contribution in [0.15, 0.2) is 48.5 Å². The Morgan fingerprint density at radius 1 is 1.05 bits per heavy atom. The van der Waals surface area contributed by atoms with E-state index < -0.39 is 23.8 Å². The number of halogens is 2. The Labute approximate surface area is 220 Å². The number of nitrogens with one attached hydrogen (secondary N) is 2. The van der Waals surface area contributed by atoms with Gasteiger partial charge in [-0.2, -0.15) is 0 Å². The lowest BCUT2D eigenvalue weighted by atomic mass is 9.85. The number of aliphatic hydroxyl groups is 1. The molecule has 0 aliphatic rings. The van der Waals surface area contributed by atoms with Crippen LogP contribution in [-0.2, 0) is 24.2 Å². The van der Waals surface area contributed by atoms with E-state index in [1.54, 1.807) is 6.07 Å². The Kier molecular flexibility index (Phi) is 9.70. The van der Waals surface area contributed by atoms with Crippen LogP contribution < -0.4 is 10.6 Å². The van der Waals surface area contributed by atoms with Crippen molar-refractivity contribution < 1.29 is 23.5 Å². The molecule has 1 heterocycles. The number of rotatable bonds is 11. The average molecular weight is 529 g/mol. The molecule has 2 atom stereocenters. The Hall–Kier alpha value is -2.94. The number of aliphatic hydroxyl groups excluding tert-OH is 1. The summed E-state index contributed by atoms with van der Waals surface area (Å²) < 4.78 is 27.3. The number of hydrogen-bond acceptors (Lipinski definition) is 5. The van der Waals surface area contributed by atoms with Crippen molar-refractivity contribution in [2.75, 3.05) is 6.54 Å². The van der Waals surface area contributed by atoms with Gasteiger partial charge in [0, 0.05) is 31.0 Å². The van der Waals surface area contributed by atoms with Crippen LogP contribution in [0.2, 0.25) is 0 Å². The average Bonchev–Trinajstić information content (AvgIpc) is 3.27. The summed E-state index contributed by atoms with van der Waals surface area (Å²) >= 11 is 1.43. The maximum Gasteiger partial charge on any atom is 0.217 e. The zero-order chi connectivity index (χ0) is 27.2. The Balaban J connectivity index is 1.75. The molecule has 1 amide bonds. The molecule has 3 aromatic rings. The van der Waals surface area contributed by atoms with E-state index in [2.05, 4.69) is 49.6 Å². The molecule has 0 aliphatic carbocycles. The number of carbonyl (C=O) groups excluding carboxylic acids is 2. The minimum Gasteiger partial charge on any atom is -0.390 e. The molecule has 0 bridgehead atoms. The summed E-state index contributed by atoms with van der Waals surface area (Å²) in [5.74, 6) is -1.75. The fourth-order valence-corrected chi connectivity index (χ4v) is 5.10. The summed E-state index contributed by atoms with van der Waals surface area (Å²) in [6.07, 6.45) is 0.794. The summed E-state index contributed by atoms with van der Waals surface area (Å²) in [7, 11) is 0. The number of carbonyl (C=O) groups is 2. The minimum atomic E-state index is -0.989. The quantitative estimate of drug-likeness (QED) is 0.296. The smallest absolute Gasteiger partial charge is 0.217 e. The van der Waals surface area contributed by atoms with Crippen molar-refractivity contribution in [1.82, 2.24) is 10.6 Å². The van der Waals surface area contributed by atoms with E-state index in [1.807, 2.05) is 6.07 Å². The fourth-order valence-electron chi connectivity index (χ4n) is 4.28. The highest BCUT2D eigenvalue weighted by molar-refractivity contribution is 7.17. The predicted molar refractivity (Wildman–Crippen MR) is 144 cm³/mol. The first kappa shape index (κ1) is 28.6. The maximum absolute atomic E-state index is 13.6. The molecule has 3 N–H and O–H groups in total. The van der Waals surface area contributed by atoms with Crippen LogP contribution in [0, 0.1) is 17.0 Å². The molecular formula is C29H34F2N2O3S. The number of benzene rings is 2. The van der Waals surface area contributed by atoms with E-state index >= 15 is 0 Å². The van der Waals surface area contributed by atoms with E-state index in [1.165, 1.54) is 36.0 Å². The highest BCUT2D eigenvalue weighted by Crippen LogP contribution is 2.31. The minimum absolute atomic E-state index is 0.0696. The van der Waals surface area contributed by atoms with Gasteiger partial charge in [0.15, 0.2) is 6.29 Å². The van der Waals surface area contributed by atoms with E-state index in [4.69, 9.17) is 0 Å². The first-order valence-corrected chi connectivity index (χ1v) is 13.0. The monoisotopic (exact) mass is 528 g/mol. The zero-order valence-corrected chi connectivity index (χ0v) is 22.4. The molecule has 5 nitrogen and oxygen atoms in total. The molecule has 2 aromatic carbocycles. The van der Waals surface area contributed by atoms with Crippen molar-refractivity contribution in [2.24, 2.45) is 5.41 Å². The number of hydrogen-bond donors (Lipinski definition) is 3. The molecule has 3 rings (SSSR count). The highest BCUT2D eigenvalue weighted by atomic mass is 32.1. The summed E-state index contributed by atoms with van der Waals surface area (Å²) in [6.45, 7) is 8.49. The van der Waals surface area contributed by atoms with Crippen LogP contribution in [0.1, 0.15) is 54.1 Å². The number of amides is 1. The second-order valence-corrected chi connectivity index (χ2v) is 11.6. The van der Waals surface area contributed by atoms with Gasteiger partial charge in [-0.3, -0.25) is 9.59 Å². The second-order valence-electron chi connectivity index (χ2n) is 10.5. The lowest BCUT2D eigenvalue weighted by molar-refractivity contribution is -0.120. The topological polar surface area (TPSA) is 78.4 Å². The molecule has 0 aliphatic heterocycles. The summed E-state index contributed by atoms with van der Waals surface area (Å²) in [4.78, 5) is 24.5. The molecule has 37 heavy (non-hydrogen) atoms. The van der Waals surface area contributed by atoms with Gasteiger partial charge in [0.05, 0.1) is 17.0 Å². The summed E-state index contributed by atoms with van der Waals surface area (Å²) in [5, 5.41) is 16.8. The van der Waals surface area contributed by atoms with Gasteiger partial charge in [0.1, 0.15) is 11.6 Å². The first-order chi connectivity index (χ1) is 17.4. The van der Waals surface area contributed by atoms with Gasteiger partial charge in [0.2, 0.25) is 5.91 Å². The number of thiophene rings is 1. The molecule has 198 valence electrons. The van der Waals surface area contributed by atoms with E-state index in [0.29, 0.717) is 17.0 Å². The SMILES string of the molecule is CC(=O)NC(Cc1cc(F)cc(F)c1)C(O)CNCc1cc(-c2ccc(C=O)s2)ccc1CC(C)(C)C. The number of aldehydes is 1. The van der Waals surface area contributed by atoms with Gasteiger partial charge < -0.3 is 15.7 Å².